The van der Waals surface area contributed by atoms with Crippen LogP contribution in [0.1, 0.15) is 38.7 Å². The molecule has 0 saturated heterocycles. The van der Waals surface area contributed by atoms with E-state index in [1.807, 2.05) is 13.8 Å². The van der Waals surface area contributed by atoms with Crippen LogP contribution in [0, 0.1) is 11.7 Å². The Kier molecular flexibility index (Phi) is 4.30. The van der Waals surface area contributed by atoms with E-state index in [0.717, 1.165) is 5.56 Å². The molecule has 0 aliphatic heterocycles. The summed E-state index contributed by atoms with van der Waals surface area (Å²) in [7, 11) is 0. The number of hydrogen-bond acceptors (Lipinski definition) is 2. The summed E-state index contributed by atoms with van der Waals surface area (Å²) < 4.78 is 13.0. The van der Waals surface area contributed by atoms with Gasteiger partial charge in [0.25, 0.3) is 0 Å². The first kappa shape index (κ1) is 15.5. The van der Waals surface area contributed by atoms with Crippen molar-refractivity contribution >= 4 is 11.9 Å². The Morgan fingerprint density at radius 1 is 1.29 bits per heavy atom. The van der Waals surface area contributed by atoms with Gasteiger partial charge in [0.15, 0.2) is 0 Å². The van der Waals surface area contributed by atoms with Gasteiger partial charge in [-0.2, -0.15) is 0 Å². The van der Waals surface area contributed by atoms with Gasteiger partial charge in [0.1, 0.15) is 11.9 Å². The number of benzene rings is 1. The highest BCUT2D eigenvalue weighted by molar-refractivity contribution is 5.93. The van der Waals surface area contributed by atoms with Crippen LogP contribution in [0.4, 0.5) is 4.39 Å². The zero-order chi connectivity index (χ0) is 15.6. The van der Waals surface area contributed by atoms with Crippen molar-refractivity contribution in [3.05, 3.63) is 35.6 Å². The highest BCUT2D eigenvalue weighted by atomic mass is 19.1. The van der Waals surface area contributed by atoms with Gasteiger partial charge in [-0.3, -0.25) is 4.79 Å². The molecule has 1 aliphatic carbocycles. The largest absolute Gasteiger partial charge is 0.480 e. The van der Waals surface area contributed by atoms with Crippen molar-refractivity contribution in [2.45, 2.75) is 44.6 Å². The SMILES string of the molecule is CC(C)C[C@H](NC(=O)C1(c2ccc(F)cc2)CC1)C(=O)O. The first-order valence-electron chi connectivity index (χ1n) is 7.15. The molecule has 1 aromatic carbocycles. The smallest absolute Gasteiger partial charge is 0.326 e. The van der Waals surface area contributed by atoms with Crippen LogP contribution in [-0.4, -0.2) is 23.0 Å². The van der Waals surface area contributed by atoms with E-state index in [9.17, 15) is 19.1 Å². The van der Waals surface area contributed by atoms with E-state index in [2.05, 4.69) is 5.32 Å². The van der Waals surface area contributed by atoms with Crippen molar-refractivity contribution in [2.75, 3.05) is 0 Å². The average molecular weight is 293 g/mol. The number of halogens is 1. The Labute approximate surface area is 123 Å². The van der Waals surface area contributed by atoms with Crippen molar-refractivity contribution in [2.24, 2.45) is 5.92 Å². The lowest BCUT2D eigenvalue weighted by molar-refractivity contribution is -0.142. The van der Waals surface area contributed by atoms with Crippen LogP contribution in [-0.2, 0) is 15.0 Å². The lowest BCUT2D eigenvalue weighted by Crippen LogP contribution is -2.46. The molecule has 1 aromatic rings. The average Bonchev–Trinajstić information content (AvgIpc) is 3.19. The molecule has 2 rings (SSSR count). The van der Waals surface area contributed by atoms with E-state index in [1.165, 1.54) is 12.1 Å². The maximum absolute atomic E-state index is 13.0. The number of carboxylic acid groups (broad SMARTS) is 1. The summed E-state index contributed by atoms with van der Waals surface area (Å²) in [5.41, 5.74) is 0.0633. The summed E-state index contributed by atoms with van der Waals surface area (Å²) in [6.07, 6.45) is 1.72. The highest BCUT2D eigenvalue weighted by Gasteiger charge is 2.51. The van der Waals surface area contributed by atoms with Crippen molar-refractivity contribution in [3.8, 4) is 0 Å². The second-order valence-electron chi connectivity index (χ2n) is 6.08. The minimum atomic E-state index is -1.02. The van der Waals surface area contributed by atoms with Gasteiger partial charge in [0.05, 0.1) is 5.41 Å². The van der Waals surface area contributed by atoms with Gasteiger partial charge >= 0.3 is 5.97 Å². The van der Waals surface area contributed by atoms with Crippen LogP contribution in [0.5, 0.6) is 0 Å². The first-order chi connectivity index (χ1) is 9.85. The molecule has 0 radical (unpaired) electrons. The highest BCUT2D eigenvalue weighted by Crippen LogP contribution is 2.48. The van der Waals surface area contributed by atoms with Gasteiger partial charge in [0, 0.05) is 0 Å². The van der Waals surface area contributed by atoms with Gasteiger partial charge in [-0.15, -0.1) is 0 Å². The van der Waals surface area contributed by atoms with Crippen molar-refractivity contribution in [1.82, 2.24) is 5.32 Å². The second kappa shape index (κ2) is 5.84. The van der Waals surface area contributed by atoms with E-state index in [1.54, 1.807) is 12.1 Å². The predicted molar refractivity (Wildman–Crippen MR) is 76.3 cm³/mol. The standard InChI is InChI=1S/C16H20FNO3/c1-10(2)9-13(14(19)20)18-15(21)16(7-8-16)11-3-5-12(17)6-4-11/h3-6,10,13H,7-9H2,1-2H3,(H,18,21)(H,19,20)/t13-/m0/s1. The Hall–Kier alpha value is -1.91. The van der Waals surface area contributed by atoms with Crippen LogP contribution in [0.25, 0.3) is 0 Å². The third kappa shape index (κ3) is 3.40. The van der Waals surface area contributed by atoms with E-state index in [-0.39, 0.29) is 17.6 Å². The number of nitrogens with one attached hydrogen (secondary N) is 1. The van der Waals surface area contributed by atoms with Crippen LogP contribution in [0.2, 0.25) is 0 Å². The minimum absolute atomic E-state index is 0.173. The first-order valence-corrected chi connectivity index (χ1v) is 7.15. The van der Waals surface area contributed by atoms with Crippen LogP contribution < -0.4 is 5.32 Å². The third-order valence-electron chi connectivity index (χ3n) is 3.89. The van der Waals surface area contributed by atoms with Crippen molar-refractivity contribution in [1.29, 1.82) is 0 Å². The van der Waals surface area contributed by atoms with Gasteiger partial charge in [-0.25, -0.2) is 9.18 Å². The minimum Gasteiger partial charge on any atom is -0.480 e. The molecule has 1 amide bonds. The van der Waals surface area contributed by atoms with Crippen LogP contribution in [0.15, 0.2) is 24.3 Å². The summed E-state index contributed by atoms with van der Waals surface area (Å²) in [6.45, 7) is 3.82. The van der Waals surface area contributed by atoms with Crippen molar-refractivity contribution < 1.29 is 19.1 Å². The maximum Gasteiger partial charge on any atom is 0.326 e. The summed E-state index contributed by atoms with van der Waals surface area (Å²) >= 11 is 0. The van der Waals surface area contributed by atoms with Crippen LogP contribution in [0.3, 0.4) is 0 Å². The van der Waals surface area contributed by atoms with Gasteiger partial charge in [-0.05, 0) is 42.9 Å². The molecule has 0 spiro atoms. The molecule has 4 nitrogen and oxygen atoms in total. The fourth-order valence-corrected chi connectivity index (χ4v) is 2.53. The Morgan fingerprint density at radius 2 is 1.86 bits per heavy atom. The Balaban J connectivity index is 2.11. The maximum atomic E-state index is 13.0. The molecule has 2 N–H and O–H groups in total. The zero-order valence-corrected chi connectivity index (χ0v) is 12.2. The van der Waals surface area contributed by atoms with E-state index >= 15 is 0 Å². The van der Waals surface area contributed by atoms with Gasteiger partial charge in [0.2, 0.25) is 5.91 Å². The number of carbonyl (C=O) groups excluding carboxylic acids is 1. The zero-order valence-electron chi connectivity index (χ0n) is 12.2. The fourth-order valence-electron chi connectivity index (χ4n) is 2.53. The molecule has 0 aromatic heterocycles. The molecule has 1 atom stereocenters. The van der Waals surface area contributed by atoms with Crippen LogP contribution >= 0.6 is 0 Å². The quantitative estimate of drug-likeness (QED) is 0.846. The molecule has 0 heterocycles. The lowest BCUT2D eigenvalue weighted by atomic mass is 9.94. The summed E-state index contributed by atoms with van der Waals surface area (Å²) in [5.74, 6) is -1.47. The summed E-state index contributed by atoms with van der Waals surface area (Å²) in [6, 6.07) is 4.97. The number of aliphatic carboxylic acids is 1. The normalized spacial score (nSPS) is 17.3. The molecule has 21 heavy (non-hydrogen) atoms. The summed E-state index contributed by atoms with van der Waals surface area (Å²) in [4.78, 5) is 23.7. The number of carbonyl (C=O) groups is 2. The molecule has 1 saturated carbocycles. The van der Waals surface area contributed by atoms with Crippen molar-refractivity contribution in [3.63, 3.8) is 0 Å². The van der Waals surface area contributed by atoms with E-state index in [4.69, 9.17) is 0 Å². The molecule has 1 fully saturated rings. The Morgan fingerprint density at radius 3 is 2.29 bits per heavy atom. The molecule has 1 aliphatic rings. The van der Waals surface area contributed by atoms with E-state index < -0.39 is 17.4 Å². The fraction of sp³-hybridized carbons (Fsp3) is 0.500. The molecule has 0 bridgehead atoms. The number of amides is 1. The van der Waals surface area contributed by atoms with Gasteiger partial charge < -0.3 is 10.4 Å². The Bertz CT molecular complexity index is 535. The molecule has 114 valence electrons. The molecular formula is C16H20FNO3. The topological polar surface area (TPSA) is 66.4 Å². The third-order valence-corrected chi connectivity index (χ3v) is 3.89. The van der Waals surface area contributed by atoms with Gasteiger partial charge in [-0.1, -0.05) is 26.0 Å². The summed E-state index contributed by atoms with van der Waals surface area (Å²) in [5, 5.41) is 11.8. The monoisotopic (exact) mass is 293 g/mol. The number of carboxylic acids is 1. The number of rotatable bonds is 6. The lowest BCUT2D eigenvalue weighted by Gasteiger charge is -2.21. The molecule has 5 heteroatoms. The number of hydrogen-bond donors (Lipinski definition) is 2. The second-order valence-corrected chi connectivity index (χ2v) is 6.08. The molecular weight excluding hydrogens is 273 g/mol. The van der Waals surface area contributed by atoms with E-state index in [0.29, 0.717) is 19.3 Å². The predicted octanol–water partition coefficient (Wildman–Crippen LogP) is 2.47. The molecule has 0 unspecified atom stereocenters.